The normalized spacial score (nSPS) is 10.6. The number of carbonyl (C=O) groups excluding carboxylic acids is 1. The van der Waals surface area contributed by atoms with E-state index in [4.69, 9.17) is 11.6 Å². The molecule has 1 nitrogen and oxygen atoms in total. The smallest absolute Gasteiger partial charge is 0.264 e. The van der Waals surface area contributed by atoms with E-state index in [-0.39, 0.29) is 28.4 Å². The minimum atomic E-state index is -2.59. The van der Waals surface area contributed by atoms with E-state index < -0.39 is 6.43 Å². The maximum Gasteiger partial charge on any atom is 0.264 e. The topological polar surface area (TPSA) is 17.1 Å². The van der Waals surface area contributed by atoms with Crippen LogP contribution >= 0.6 is 11.6 Å². The summed E-state index contributed by atoms with van der Waals surface area (Å²) in [6.07, 6.45) is -2.64. The molecule has 4 heteroatoms. The fraction of sp³-hybridized carbons (Fsp3) is 0.300. The van der Waals surface area contributed by atoms with Crippen molar-refractivity contribution in [2.75, 3.05) is 0 Å². The van der Waals surface area contributed by atoms with E-state index in [2.05, 4.69) is 0 Å². The predicted molar refractivity (Wildman–Crippen MR) is 50.8 cm³/mol. The molecule has 0 radical (unpaired) electrons. The Balaban J connectivity index is 3.15. The molecule has 0 aliphatic heterocycles. The van der Waals surface area contributed by atoms with Gasteiger partial charge >= 0.3 is 0 Å². The van der Waals surface area contributed by atoms with E-state index in [9.17, 15) is 13.6 Å². The second kappa shape index (κ2) is 4.51. The Labute approximate surface area is 85.7 Å². The van der Waals surface area contributed by atoms with Gasteiger partial charge in [0.25, 0.3) is 6.43 Å². The molecule has 1 rings (SSSR count). The zero-order chi connectivity index (χ0) is 10.7. The second-order valence-corrected chi connectivity index (χ2v) is 3.39. The number of halogens is 3. The van der Waals surface area contributed by atoms with Crippen LogP contribution in [0.3, 0.4) is 0 Å². The summed E-state index contributed by atoms with van der Waals surface area (Å²) in [5.74, 6) is -0.181. The van der Waals surface area contributed by atoms with Crippen molar-refractivity contribution in [3.05, 3.63) is 34.3 Å². The van der Waals surface area contributed by atoms with E-state index in [1.54, 1.807) is 0 Å². The van der Waals surface area contributed by atoms with Crippen molar-refractivity contribution < 1.29 is 13.6 Å². The maximum atomic E-state index is 12.5. The molecule has 0 aliphatic rings. The molecule has 0 heterocycles. The molecule has 0 bridgehead atoms. The van der Waals surface area contributed by atoms with Crippen LogP contribution in [0.2, 0.25) is 5.02 Å². The van der Waals surface area contributed by atoms with Crippen molar-refractivity contribution in [1.29, 1.82) is 0 Å². The number of benzene rings is 1. The van der Waals surface area contributed by atoms with E-state index in [0.29, 0.717) is 0 Å². The SMILES string of the molecule is CC(=O)Cc1c(Cl)cccc1C(F)F. The van der Waals surface area contributed by atoms with Crippen LogP contribution < -0.4 is 0 Å². The van der Waals surface area contributed by atoms with Gasteiger partial charge in [0, 0.05) is 17.0 Å². The first-order valence-electron chi connectivity index (χ1n) is 4.07. The van der Waals surface area contributed by atoms with Gasteiger partial charge in [-0.15, -0.1) is 0 Å². The molecular weight excluding hydrogens is 210 g/mol. The summed E-state index contributed by atoms with van der Waals surface area (Å²) in [5.41, 5.74) is 0.0735. The third-order valence-corrected chi connectivity index (χ3v) is 2.17. The lowest BCUT2D eigenvalue weighted by Crippen LogP contribution is -2.02. The van der Waals surface area contributed by atoms with E-state index in [1.165, 1.54) is 25.1 Å². The average Bonchev–Trinajstić information content (AvgIpc) is 2.07. The minimum absolute atomic E-state index is 0.0423. The summed E-state index contributed by atoms with van der Waals surface area (Å²) in [6.45, 7) is 1.35. The van der Waals surface area contributed by atoms with Crippen LogP contribution in [-0.2, 0) is 11.2 Å². The quantitative estimate of drug-likeness (QED) is 0.760. The molecule has 0 atom stereocenters. The van der Waals surface area contributed by atoms with Gasteiger partial charge in [-0.1, -0.05) is 23.7 Å². The van der Waals surface area contributed by atoms with Crippen LogP contribution in [0.5, 0.6) is 0 Å². The summed E-state index contributed by atoms with van der Waals surface area (Å²) in [6, 6.07) is 4.24. The monoisotopic (exact) mass is 218 g/mol. The number of Topliss-reactive ketones (excluding diaryl/α,β-unsaturated/α-hetero) is 1. The molecule has 0 saturated heterocycles. The number of alkyl halides is 2. The van der Waals surface area contributed by atoms with Crippen molar-refractivity contribution >= 4 is 17.4 Å². The first-order valence-corrected chi connectivity index (χ1v) is 4.45. The lowest BCUT2D eigenvalue weighted by atomic mass is 10.0. The molecule has 0 aromatic heterocycles. The molecule has 0 fully saturated rings. The molecular formula is C10H9ClF2O. The third kappa shape index (κ3) is 2.51. The van der Waals surface area contributed by atoms with E-state index >= 15 is 0 Å². The first-order chi connectivity index (χ1) is 6.52. The van der Waals surface area contributed by atoms with Gasteiger partial charge in [0.05, 0.1) is 0 Å². The summed E-state index contributed by atoms with van der Waals surface area (Å²) in [4.78, 5) is 10.8. The number of rotatable bonds is 3. The van der Waals surface area contributed by atoms with Crippen LogP contribution in [0.15, 0.2) is 18.2 Å². The van der Waals surface area contributed by atoms with Gasteiger partial charge in [-0.25, -0.2) is 8.78 Å². The molecule has 0 aliphatic carbocycles. The van der Waals surface area contributed by atoms with Crippen LogP contribution in [0.25, 0.3) is 0 Å². The molecule has 1 aromatic rings. The number of ketones is 1. The van der Waals surface area contributed by atoms with E-state index in [0.717, 1.165) is 0 Å². The summed E-state index contributed by atoms with van der Waals surface area (Å²) in [7, 11) is 0. The summed E-state index contributed by atoms with van der Waals surface area (Å²) >= 11 is 5.73. The van der Waals surface area contributed by atoms with Gasteiger partial charge in [-0.2, -0.15) is 0 Å². The minimum Gasteiger partial charge on any atom is -0.300 e. The molecule has 0 unspecified atom stereocenters. The van der Waals surface area contributed by atoms with Gasteiger partial charge in [0.1, 0.15) is 5.78 Å². The molecule has 0 N–H and O–H groups in total. The van der Waals surface area contributed by atoms with Crippen LogP contribution in [-0.4, -0.2) is 5.78 Å². The highest BCUT2D eigenvalue weighted by atomic mass is 35.5. The Hall–Kier alpha value is -0.960. The zero-order valence-corrected chi connectivity index (χ0v) is 8.31. The standard InChI is InChI=1S/C10H9ClF2O/c1-6(14)5-8-7(10(12)13)3-2-4-9(8)11/h2-4,10H,5H2,1H3. The highest BCUT2D eigenvalue weighted by Gasteiger charge is 2.16. The Bertz CT molecular complexity index is 350. The third-order valence-electron chi connectivity index (χ3n) is 1.82. The van der Waals surface area contributed by atoms with Crippen molar-refractivity contribution in [2.45, 2.75) is 19.8 Å². The highest BCUT2D eigenvalue weighted by molar-refractivity contribution is 6.31. The molecule has 0 saturated carbocycles. The Morgan fingerprint density at radius 3 is 2.64 bits per heavy atom. The zero-order valence-electron chi connectivity index (χ0n) is 7.56. The van der Waals surface area contributed by atoms with Gasteiger partial charge < -0.3 is 0 Å². The Morgan fingerprint density at radius 2 is 2.14 bits per heavy atom. The molecule has 1 aromatic carbocycles. The van der Waals surface area contributed by atoms with Crippen molar-refractivity contribution in [3.63, 3.8) is 0 Å². The summed E-state index contributed by atoms with van der Waals surface area (Å²) < 4.78 is 25.0. The fourth-order valence-electron chi connectivity index (χ4n) is 1.22. The lowest BCUT2D eigenvalue weighted by molar-refractivity contribution is -0.116. The molecule has 0 amide bonds. The first kappa shape index (κ1) is 11.1. The maximum absolute atomic E-state index is 12.5. The highest BCUT2D eigenvalue weighted by Crippen LogP contribution is 2.28. The second-order valence-electron chi connectivity index (χ2n) is 2.99. The van der Waals surface area contributed by atoms with Gasteiger partial charge in [0.15, 0.2) is 0 Å². The fourth-order valence-corrected chi connectivity index (χ4v) is 1.46. The molecule has 76 valence electrons. The molecule has 14 heavy (non-hydrogen) atoms. The van der Waals surface area contributed by atoms with Crippen molar-refractivity contribution in [1.82, 2.24) is 0 Å². The summed E-state index contributed by atoms with van der Waals surface area (Å²) in [5, 5.41) is 0.220. The van der Waals surface area contributed by atoms with Gasteiger partial charge in [-0.05, 0) is 18.6 Å². The largest absolute Gasteiger partial charge is 0.300 e. The van der Waals surface area contributed by atoms with Crippen LogP contribution in [0.1, 0.15) is 24.5 Å². The van der Waals surface area contributed by atoms with Gasteiger partial charge in [-0.3, -0.25) is 4.79 Å². The van der Waals surface area contributed by atoms with Crippen LogP contribution in [0, 0.1) is 0 Å². The van der Waals surface area contributed by atoms with Crippen LogP contribution in [0.4, 0.5) is 8.78 Å². The number of hydrogen-bond acceptors (Lipinski definition) is 1. The number of carbonyl (C=O) groups is 1. The molecule has 0 spiro atoms. The van der Waals surface area contributed by atoms with Gasteiger partial charge in [0.2, 0.25) is 0 Å². The van der Waals surface area contributed by atoms with Crippen molar-refractivity contribution in [3.8, 4) is 0 Å². The van der Waals surface area contributed by atoms with E-state index in [1.807, 2.05) is 0 Å². The van der Waals surface area contributed by atoms with Crippen molar-refractivity contribution in [2.24, 2.45) is 0 Å². The predicted octanol–water partition coefficient (Wildman–Crippen LogP) is 3.41. The average molecular weight is 219 g/mol. The Kier molecular flexibility index (Phi) is 3.58. The number of hydrogen-bond donors (Lipinski definition) is 0. The lowest BCUT2D eigenvalue weighted by Gasteiger charge is -2.08. The Morgan fingerprint density at radius 1 is 1.50 bits per heavy atom.